The minimum absolute atomic E-state index is 0.00772. The van der Waals surface area contributed by atoms with E-state index in [4.69, 9.17) is 0 Å². The number of hydrogen-bond acceptors (Lipinski definition) is 3. The molecule has 2 N–H and O–H groups in total. The standard InChI is InChI=1S/C18H24N4O3/c1-13(23)21-11-7-14(8-12-21)17(24)20-15-3-5-16(6-4-15)22-10-2-9-19-18(22)25/h3-6,14H,2,7-12H2,1H3,(H,19,25)(H,20,24). The van der Waals surface area contributed by atoms with Crippen molar-refractivity contribution in [3.63, 3.8) is 0 Å². The number of anilines is 2. The third-order valence-electron chi connectivity index (χ3n) is 4.84. The Kier molecular flexibility index (Phi) is 5.21. The molecule has 2 aliphatic heterocycles. The summed E-state index contributed by atoms with van der Waals surface area (Å²) >= 11 is 0. The molecular weight excluding hydrogens is 320 g/mol. The fourth-order valence-electron chi connectivity index (χ4n) is 3.30. The zero-order valence-electron chi connectivity index (χ0n) is 14.5. The quantitative estimate of drug-likeness (QED) is 0.877. The predicted molar refractivity (Wildman–Crippen MR) is 95.4 cm³/mol. The van der Waals surface area contributed by atoms with Gasteiger partial charge >= 0.3 is 6.03 Å². The van der Waals surface area contributed by atoms with Gasteiger partial charge in [0.25, 0.3) is 0 Å². The van der Waals surface area contributed by atoms with Crippen LogP contribution in [0.1, 0.15) is 26.2 Å². The maximum Gasteiger partial charge on any atom is 0.321 e. The average Bonchev–Trinajstić information content (AvgIpc) is 2.63. The molecule has 0 saturated carbocycles. The van der Waals surface area contributed by atoms with E-state index in [0.29, 0.717) is 39.0 Å². The molecule has 2 aliphatic rings. The molecule has 0 aromatic heterocycles. The van der Waals surface area contributed by atoms with Crippen LogP contribution in [0.4, 0.5) is 16.2 Å². The molecule has 7 heteroatoms. The largest absolute Gasteiger partial charge is 0.343 e. The summed E-state index contributed by atoms with van der Waals surface area (Å²) in [4.78, 5) is 39.1. The lowest BCUT2D eigenvalue weighted by Gasteiger charge is -2.30. The third kappa shape index (κ3) is 4.10. The average molecular weight is 344 g/mol. The highest BCUT2D eigenvalue weighted by molar-refractivity contribution is 5.95. The van der Waals surface area contributed by atoms with Crippen LogP contribution in [-0.4, -0.2) is 48.9 Å². The first-order valence-electron chi connectivity index (χ1n) is 8.76. The lowest BCUT2D eigenvalue weighted by Crippen LogP contribution is -2.46. The smallest absolute Gasteiger partial charge is 0.321 e. The van der Waals surface area contributed by atoms with Crippen molar-refractivity contribution in [3.05, 3.63) is 24.3 Å². The molecule has 0 spiro atoms. The molecular formula is C18H24N4O3. The second-order valence-electron chi connectivity index (χ2n) is 6.55. The van der Waals surface area contributed by atoms with Gasteiger partial charge in [-0.15, -0.1) is 0 Å². The number of nitrogens with zero attached hydrogens (tertiary/aromatic N) is 2. The van der Waals surface area contributed by atoms with Gasteiger partial charge in [-0.25, -0.2) is 4.79 Å². The van der Waals surface area contributed by atoms with Crippen molar-refractivity contribution in [2.24, 2.45) is 5.92 Å². The molecule has 0 atom stereocenters. The maximum absolute atomic E-state index is 12.4. The van der Waals surface area contributed by atoms with Crippen LogP contribution in [0.5, 0.6) is 0 Å². The summed E-state index contributed by atoms with van der Waals surface area (Å²) < 4.78 is 0. The number of benzene rings is 1. The molecule has 4 amide bonds. The van der Waals surface area contributed by atoms with Gasteiger partial charge in [0.05, 0.1) is 0 Å². The fourth-order valence-corrected chi connectivity index (χ4v) is 3.30. The molecule has 1 aromatic carbocycles. The number of piperidine rings is 1. The number of likely N-dealkylation sites (tertiary alicyclic amines) is 1. The highest BCUT2D eigenvalue weighted by atomic mass is 16.2. The second kappa shape index (κ2) is 7.55. The van der Waals surface area contributed by atoms with E-state index in [1.165, 1.54) is 0 Å². The van der Waals surface area contributed by atoms with E-state index in [9.17, 15) is 14.4 Å². The van der Waals surface area contributed by atoms with Gasteiger partial charge < -0.3 is 15.5 Å². The van der Waals surface area contributed by atoms with Gasteiger partial charge in [0.15, 0.2) is 0 Å². The van der Waals surface area contributed by atoms with E-state index in [2.05, 4.69) is 10.6 Å². The van der Waals surface area contributed by atoms with Crippen LogP contribution >= 0.6 is 0 Å². The molecule has 2 fully saturated rings. The van der Waals surface area contributed by atoms with Gasteiger partial charge in [0.1, 0.15) is 0 Å². The molecule has 7 nitrogen and oxygen atoms in total. The highest BCUT2D eigenvalue weighted by Crippen LogP contribution is 2.22. The summed E-state index contributed by atoms with van der Waals surface area (Å²) in [6, 6.07) is 7.25. The molecule has 2 saturated heterocycles. The van der Waals surface area contributed by atoms with Crippen molar-refractivity contribution in [2.45, 2.75) is 26.2 Å². The van der Waals surface area contributed by atoms with Crippen molar-refractivity contribution in [2.75, 3.05) is 36.4 Å². The number of carbonyl (C=O) groups excluding carboxylic acids is 3. The van der Waals surface area contributed by atoms with E-state index >= 15 is 0 Å². The van der Waals surface area contributed by atoms with Crippen LogP contribution < -0.4 is 15.5 Å². The molecule has 0 aliphatic carbocycles. The first-order chi connectivity index (χ1) is 12.0. The van der Waals surface area contributed by atoms with Crippen LogP contribution in [0.25, 0.3) is 0 Å². The Balaban J connectivity index is 1.55. The Bertz CT molecular complexity index is 651. The van der Waals surface area contributed by atoms with Crippen molar-refractivity contribution in [1.82, 2.24) is 10.2 Å². The highest BCUT2D eigenvalue weighted by Gasteiger charge is 2.26. The maximum atomic E-state index is 12.4. The second-order valence-corrected chi connectivity index (χ2v) is 6.55. The molecule has 25 heavy (non-hydrogen) atoms. The van der Waals surface area contributed by atoms with E-state index in [1.807, 2.05) is 24.3 Å². The fraction of sp³-hybridized carbons (Fsp3) is 0.500. The van der Waals surface area contributed by atoms with Crippen molar-refractivity contribution in [1.29, 1.82) is 0 Å². The lowest BCUT2D eigenvalue weighted by molar-refractivity contribution is -0.132. The number of hydrogen-bond donors (Lipinski definition) is 2. The molecule has 0 bridgehead atoms. The monoisotopic (exact) mass is 344 g/mol. The summed E-state index contributed by atoms with van der Waals surface area (Å²) in [6.07, 6.45) is 2.30. The Morgan fingerprint density at radius 2 is 1.80 bits per heavy atom. The van der Waals surface area contributed by atoms with Crippen molar-refractivity contribution in [3.8, 4) is 0 Å². The lowest BCUT2D eigenvalue weighted by atomic mass is 9.96. The van der Waals surface area contributed by atoms with Gasteiger partial charge in [0, 0.05) is 50.4 Å². The molecule has 1 aromatic rings. The van der Waals surface area contributed by atoms with Gasteiger partial charge in [-0.1, -0.05) is 0 Å². The van der Waals surface area contributed by atoms with E-state index in [-0.39, 0.29) is 23.8 Å². The van der Waals surface area contributed by atoms with Crippen molar-refractivity contribution < 1.29 is 14.4 Å². The normalized spacial score (nSPS) is 18.7. The topological polar surface area (TPSA) is 81.8 Å². The zero-order chi connectivity index (χ0) is 17.8. The van der Waals surface area contributed by atoms with Crippen LogP contribution in [0.15, 0.2) is 24.3 Å². The summed E-state index contributed by atoms with van der Waals surface area (Å²) in [5.41, 5.74) is 1.55. The zero-order valence-corrected chi connectivity index (χ0v) is 14.5. The first-order valence-corrected chi connectivity index (χ1v) is 8.76. The Morgan fingerprint density at radius 3 is 2.40 bits per heavy atom. The van der Waals surface area contributed by atoms with E-state index in [0.717, 1.165) is 17.8 Å². The Morgan fingerprint density at radius 1 is 1.12 bits per heavy atom. The Labute approximate surface area is 147 Å². The van der Waals surface area contributed by atoms with Crippen LogP contribution in [0, 0.1) is 5.92 Å². The van der Waals surface area contributed by atoms with E-state index < -0.39 is 0 Å². The summed E-state index contributed by atoms with van der Waals surface area (Å²) in [5.74, 6) is -0.00832. The number of urea groups is 1. The number of nitrogens with one attached hydrogen (secondary N) is 2. The summed E-state index contributed by atoms with van der Waals surface area (Å²) in [5, 5.41) is 5.76. The van der Waals surface area contributed by atoms with Crippen molar-refractivity contribution >= 4 is 29.2 Å². The number of amides is 4. The van der Waals surface area contributed by atoms with Gasteiger partial charge in [-0.05, 0) is 43.5 Å². The molecule has 134 valence electrons. The van der Waals surface area contributed by atoms with Gasteiger partial charge in [0.2, 0.25) is 11.8 Å². The van der Waals surface area contributed by atoms with E-state index in [1.54, 1.807) is 16.7 Å². The summed E-state index contributed by atoms with van der Waals surface area (Å²) in [7, 11) is 0. The van der Waals surface area contributed by atoms with Crippen LogP contribution in [0.2, 0.25) is 0 Å². The van der Waals surface area contributed by atoms with Crippen LogP contribution in [-0.2, 0) is 9.59 Å². The number of rotatable bonds is 3. The van der Waals surface area contributed by atoms with Crippen LogP contribution in [0.3, 0.4) is 0 Å². The predicted octanol–water partition coefficient (Wildman–Crippen LogP) is 1.80. The molecule has 0 radical (unpaired) electrons. The summed E-state index contributed by atoms with van der Waals surface area (Å²) in [6.45, 7) is 4.25. The van der Waals surface area contributed by atoms with Gasteiger partial charge in [-0.3, -0.25) is 14.5 Å². The first kappa shape index (κ1) is 17.3. The molecule has 3 rings (SSSR count). The number of carbonyl (C=O) groups is 3. The third-order valence-corrected chi connectivity index (χ3v) is 4.84. The minimum Gasteiger partial charge on any atom is -0.343 e. The minimum atomic E-state index is -0.0831. The molecule has 0 unspecified atom stereocenters. The van der Waals surface area contributed by atoms with Gasteiger partial charge in [-0.2, -0.15) is 0 Å². The Hall–Kier alpha value is -2.57. The SMILES string of the molecule is CC(=O)N1CCC(C(=O)Nc2ccc(N3CCCNC3=O)cc2)CC1. The molecule has 2 heterocycles.